The molecule has 0 bridgehead atoms. The van der Waals surface area contributed by atoms with Crippen molar-refractivity contribution >= 4 is 17.4 Å². The van der Waals surface area contributed by atoms with E-state index in [-0.39, 0.29) is 28.5 Å². The largest absolute Gasteiger partial charge is 0.484 e. The van der Waals surface area contributed by atoms with Crippen molar-refractivity contribution < 1.29 is 18.3 Å². The highest BCUT2D eigenvalue weighted by Gasteiger charge is 2.31. The lowest BCUT2D eigenvalue weighted by Gasteiger charge is -2.26. The topological polar surface area (TPSA) is 26.3 Å². The Kier molecular flexibility index (Phi) is 3.18. The minimum atomic E-state index is -0.842. The van der Waals surface area contributed by atoms with E-state index in [4.69, 9.17) is 16.3 Å². The number of rotatable bonds is 1. The number of benzene rings is 2. The number of fused-ring (bicyclic) bond motifs is 1. The molecule has 0 aromatic heterocycles. The van der Waals surface area contributed by atoms with Gasteiger partial charge in [0.15, 0.2) is 5.78 Å². The van der Waals surface area contributed by atoms with Crippen LogP contribution in [-0.4, -0.2) is 5.78 Å². The third-order valence-corrected chi connectivity index (χ3v) is 3.54. The third kappa shape index (κ3) is 2.16. The molecule has 20 heavy (non-hydrogen) atoms. The fourth-order valence-corrected chi connectivity index (χ4v) is 2.56. The van der Waals surface area contributed by atoms with E-state index < -0.39 is 17.7 Å². The Hall–Kier alpha value is -1.94. The Labute approximate surface area is 118 Å². The first-order valence-electron chi connectivity index (χ1n) is 5.99. The van der Waals surface area contributed by atoms with E-state index in [9.17, 15) is 13.6 Å². The minimum absolute atomic E-state index is 0.0285. The summed E-state index contributed by atoms with van der Waals surface area (Å²) >= 11 is 5.96. The van der Waals surface area contributed by atoms with E-state index in [1.54, 1.807) is 0 Å². The van der Waals surface area contributed by atoms with Crippen LogP contribution < -0.4 is 4.74 Å². The maximum absolute atomic E-state index is 13.9. The summed E-state index contributed by atoms with van der Waals surface area (Å²) in [6, 6.07) is 7.92. The van der Waals surface area contributed by atoms with Gasteiger partial charge in [0.25, 0.3) is 0 Å². The molecule has 2 aromatic carbocycles. The zero-order valence-electron chi connectivity index (χ0n) is 10.2. The highest BCUT2D eigenvalue weighted by atomic mass is 35.5. The van der Waals surface area contributed by atoms with Gasteiger partial charge in [-0.15, -0.1) is 0 Å². The number of ether oxygens (including phenoxy) is 1. The number of carbonyl (C=O) groups is 1. The SMILES string of the molecule is O=C1CC(c2c(F)cccc2Cl)Oc2cc(F)ccc21. The summed E-state index contributed by atoms with van der Waals surface area (Å²) in [6.07, 6.45) is -0.871. The van der Waals surface area contributed by atoms with Crippen LogP contribution in [0.4, 0.5) is 8.78 Å². The standard InChI is InChI=1S/C15H9ClF2O2/c16-10-2-1-3-11(18)15(10)14-7-12(19)9-5-4-8(17)6-13(9)20-14/h1-6,14H,7H2. The molecule has 1 aliphatic heterocycles. The molecule has 0 N–H and O–H groups in total. The van der Waals surface area contributed by atoms with Crippen LogP contribution in [0.15, 0.2) is 36.4 Å². The van der Waals surface area contributed by atoms with Gasteiger partial charge in [0, 0.05) is 11.6 Å². The molecule has 0 saturated carbocycles. The van der Waals surface area contributed by atoms with Crippen molar-refractivity contribution in [2.75, 3.05) is 0 Å². The van der Waals surface area contributed by atoms with Gasteiger partial charge in [0.2, 0.25) is 0 Å². The molecule has 1 heterocycles. The molecule has 1 unspecified atom stereocenters. The van der Waals surface area contributed by atoms with Crippen LogP contribution >= 0.6 is 11.6 Å². The monoisotopic (exact) mass is 294 g/mol. The van der Waals surface area contributed by atoms with Gasteiger partial charge in [-0.2, -0.15) is 0 Å². The van der Waals surface area contributed by atoms with Crippen molar-refractivity contribution in [1.29, 1.82) is 0 Å². The highest BCUT2D eigenvalue weighted by Crippen LogP contribution is 2.38. The van der Waals surface area contributed by atoms with Crippen molar-refractivity contribution in [2.24, 2.45) is 0 Å². The molecule has 2 nitrogen and oxygen atoms in total. The number of Topliss-reactive ketones (excluding diaryl/α,β-unsaturated/α-hetero) is 1. The molecule has 1 atom stereocenters. The first kappa shape index (κ1) is 13.1. The molecule has 3 rings (SSSR count). The van der Waals surface area contributed by atoms with Crippen LogP contribution in [0.3, 0.4) is 0 Å². The van der Waals surface area contributed by atoms with E-state index in [0.29, 0.717) is 5.56 Å². The van der Waals surface area contributed by atoms with Gasteiger partial charge in [-0.1, -0.05) is 17.7 Å². The Morgan fingerprint density at radius 1 is 1.20 bits per heavy atom. The van der Waals surface area contributed by atoms with Gasteiger partial charge in [-0.05, 0) is 24.3 Å². The van der Waals surface area contributed by atoms with Gasteiger partial charge in [0.1, 0.15) is 23.5 Å². The molecular weight excluding hydrogens is 286 g/mol. The number of hydrogen-bond acceptors (Lipinski definition) is 2. The maximum Gasteiger partial charge on any atom is 0.170 e. The minimum Gasteiger partial charge on any atom is -0.484 e. The smallest absolute Gasteiger partial charge is 0.170 e. The second-order valence-corrected chi connectivity index (χ2v) is 4.92. The molecule has 0 radical (unpaired) electrons. The molecule has 1 aliphatic rings. The average molecular weight is 295 g/mol. The number of halogens is 3. The first-order chi connectivity index (χ1) is 9.56. The molecule has 102 valence electrons. The van der Waals surface area contributed by atoms with Gasteiger partial charge >= 0.3 is 0 Å². The van der Waals surface area contributed by atoms with E-state index in [1.807, 2.05) is 0 Å². The van der Waals surface area contributed by atoms with Crippen LogP contribution in [0, 0.1) is 11.6 Å². The van der Waals surface area contributed by atoms with E-state index in [1.165, 1.54) is 30.3 Å². The molecule has 0 saturated heterocycles. The summed E-state index contributed by atoms with van der Waals surface area (Å²) < 4.78 is 32.6. The van der Waals surface area contributed by atoms with Crippen LogP contribution in [0.25, 0.3) is 0 Å². The molecule has 0 aliphatic carbocycles. The summed E-state index contributed by atoms with van der Waals surface area (Å²) in [5, 5.41) is 0.183. The Morgan fingerprint density at radius 2 is 2.00 bits per heavy atom. The summed E-state index contributed by atoms with van der Waals surface area (Å²) in [4.78, 5) is 12.0. The van der Waals surface area contributed by atoms with Crippen LogP contribution in [0.1, 0.15) is 28.4 Å². The predicted molar refractivity (Wildman–Crippen MR) is 70.1 cm³/mol. The van der Waals surface area contributed by atoms with E-state index in [0.717, 1.165) is 6.07 Å². The molecule has 0 fully saturated rings. The average Bonchev–Trinajstić information content (AvgIpc) is 2.38. The normalized spacial score (nSPS) is 17.6. The summed E-state index contributed by atoms with van der Waals surface area (Å²) in [7, 11) is 0. The zero-order valence-corrected chi connectivity index (χ0v) is 11.0. The maximum atomic E-state index is 13.9. The fourth-order valence-electron chi connectivity index (χ4n) is 2.28. The molecule has 0 amide bonds. The highest BCUT2D eigenvalue weighted by molar-refractivity contribution is 6.31. The summed E-state index contributed by atoms with van der Waals surface area (Å²) in [5.41, 5.74) is 0.424. The van der Waals surface area contributed by atoms with Gasteiger partial charge in [0.05, 0.1) is 17.0 Å². The van der Waals surface area contributed by atoms with E-state index in [2.05, 4.69) is 0 Å². The second-order valence-electron chi connectivity index (χ2n) is 4.51. The number of ketones is 1. The van der Waals surface area contributed by atoms with Gasteiger partial charge in [-0.25, -0.2) is 8.78 Å². The van der Waals surface area contributed by atoms with Crippen molar-refractivity contribution in [2.45, 2.75) is 12.5 Å². The fraction of sp³-hybridized carbons (Fsp3) is 0.133. The molecule has 5 heteroatoms. The van der Waals surface area contributed by atoms with Crippen molar-refractivity contribution in [3.63, 3.8) is 0 Å². The Balaban J connectivity index is 2.05. The van der Waals surface area contributed by atoms with Crippen molar-refractivity contribution in [1.82, 2.24) is 0 Å². The lowest BCUT2D eigenvalue weighted by molar-refractivity contribution is 0.0845. The molecular formula is C15H9ClF2O2. The van der Waals surface area contributed by atoms with Crippen molar-refractivity contribution in [3.8, 4) is 5.75 Å². The molecule has 2 aromatic rings. The first-order valence-corrected chi connectivity index (χ1v) is 6.37. The predicted octanol–water partition coefficient (Wildman–Crippen LogP) is 4.32. The van der Waals surface area contributed by atoms with Crippen LogP contribution in [0.5, 0.6) is 5.75 Å². The Morgan fingerprint density at radius 3 is 2.75 bits per heavy atom. The lowest BCUT2D eigenvalue weighted by atomic mass is 9.96. The lowest BCUT2D eigenvalue weighted by Crippen LogP contribution is -2.21. The second kappa shape index (κ2) is 4.87. The van der Waals surface area contributed by atoms with Crippen LogP contribution in [0.2, 0.25) is 5.02 Å². The molecule has 0 spiro atoms. The quantitative estimate of drug-likeness (QED) is 0.783. The van der Waals surface area contributed by atoms with Gasteiger partial charge in [-0.3, -0.25) is 4.79 Å². The number of hydrogen-bond donors (Lipinski definition) is 0. The summed E-state index contributed by atoms with van der Waals surface area (Å²) in [6.45, 7) is 0. The van der Waals surface area contributed by atoms with Crippen LogP contribution in [-0.2, 0) is 0 Å². The van der Waals surface area contributed by atoms with Crippen molar-refractivity contribution in [3.05, 3.63) is 64.2 Å². The zero-order chi connectivity index (χ0) is 14.3. The third-order valence-electron chi connectivity index (χ3n) is 3.21. The Bertz CT molecular complexity index is 680. The summed E-state index contributed by atoms with van der Waals surface area (Å²) in [5.74, 6) is -1.17. The van der Waals surface area contributed by atoms with E-state index >= 15 is 0 Å². The van der Waals surface area contributed by atoms with Gasteiger partial charge < -0.3 is 4.74 Å². The number of carbonyl (C=O) groups excluding carboxylic acids is 1.